The van der Waals surface area contributed by atoms with Gasteiger partial charge in [0.25, 0.3) is 5.91 Å². The SMILES string of the molecule is O=C(NC1CCN(Cc2ccn(-c3ccc(F)cc3F)n2)CC1)c1ccccc1. The molecule has 4 rings (SSSR count). The van der Waals surface area contributed by atoms with E-state index in [1.54, 1.807) is 6.20 Å². The van der Waals surface area contributed by atoms with Crippen LogP contribution in [0.5, 0.6) is 0 Å². The van der Waals surface area contributed by atoms with E-state index >= 15 is 0 Å². The Balaban J connectivity index is 1.30. The van der Waals surface area contributed by atoms with Crippen LogP contribution >= 0.6 is 0 Å². The molecule has 0 radical (unpaired) electrons. The summed E-state index contributed by atoms with van der Waals surface area (Å²) in [6.45, 7) is 2.34. The summed E-state index contributed by atoms with van der Waals surface area (Å²) in [6, 6.07) is 14.7. The summed E-state index contributed by atoms with van der Waals surface area (Å²) in [5.41, 5.74) is 1.72. The fourth-order valence-corrected chi connectivity index (χ4v) is 3.57. The third-order valence-electron chi connectivity index (χ3n) is 5.15. The van der Waals surface area contributed by atoms with Crippen molar-refractivity contribution in [2.45, 2.75) is 25.4 Å². The molecule has 1 fully saturated rings. The number of nitrogens with one attached hydrogen (secondary N) is 1. The molecule has 0 atom stereocenters. The molecule has 0 bridgehead atoms. The third kappa shape index (κ3) is 4.68. The Kier molecular flexibility index (Phi) is 5.67. The van der Waals surface area contributed by atoms with Gasteiger partial charge in [-0.05, 0) is 43.2 Å². The highest BCUT2D eigenvalue weighted by Gasteiger charge is 2.22. The zero-order valence-corrected chi connectivity index (χ0v) is 15.9. The zero-order chi connectivity index (χ0) is 20.2. The van der Waals surface area contributed by atoms with E-state index in [-0.39, 0.29) is 17.6 Å². The molecular formula is C22H22F2N4O. The zero-order valence-electron chi connectivity index (χ0n) is 15.9. The van der Waals surface area contributed by atoms with E-state index in [0.29, 0.717) is 12.1 Å². The van der Waals surface area contributed by atoms with Crippen LogP contribution in [0.25, 0.3) is 5.69 Å². The summed E-state index contributed by atoms with van der Waals surface area (Å²) in [5, 5.41) is 7.51. The number of nitrogens with zero attached hydrogens (tertiary/aromatic N) is 3. The van der Waals surface area contributed by atoms with Crippen LogP contribution in [0.2, 0.25) is 0 Å². The first-order valence-corrected chi connectivity index (χ1v) is 9.67. The molecule has 0 aliphatic carbocycles. The first-order chi connectivity index (χ1) is 14.1. The molecule has 2 aromatic carbocycles. The quantitative estimate of drug-likeness (QED) is 0.718. The molecule has 1 aromatic heterocycles. The summed E-state index contributed by atoms with van der Waals surface area (Å²) >= 11 is 0. The molecule has 29 heavy (non-hydrogen) atoms. The van der Waals surface area contributed by atoms with Crippen molar-refractivity contribution >= 4 is 5.91 Å². The van der Waals surface area contributed by atoms with E-state index in [4.69, 9.17) is 0 Å². The van der Waals surface area contributed by atoms with Gasteiger partial charge in [-0.2, -0.15) is 5.10 Å². The Labute approximate surface area is 168 Å². The third-order valence-corrected chi connectivity index (χ3v) is 5.15. The molecule has 2 heterocycles. The molecule has 1 amide bonds. The number of aromatic nitrogens is 2. The van der Waals surface area contributed by atoms with Gasteiger partial charge in [-0.3, -0.25) is 9.69 Å². The molecule has 0 saturated carbocycles. The summed E-state index contributed by atoms with van der Waals surface area (Å²) < 4.78 is 28.4. The van der Waals surface area contributed by atoms with Gasteiger partial charge in [-0.25, -0.2) is 13.5 Å². The number of carbonyl (C=O) groups is 1. The van der Waals surface area contributed by atoms with Gasteiger partial charge in [0.05, 0.1) is 5.69 Å². The normalized spacial score (nSPS) is 15.4. The van der Waals surface area contributed by atoms with Crippen molar-refractivity contribution in [2.75, 3.05) is 13.1 Å². The predicted molar refractivity (Wildman–Crippen MR) is 106 cm³/mol. The Morgan fingerprint density at radius 3 is 2.55 bits per heavy atom. The van der Waals surface area contributed by atoms with Crippen molar-refractivity contribution in [3.05, 3.63) is 83.7 Å². The number of benzene rings is 2. The van der Waals surface area contributed by atoms with Crippen molar-refractivity contribution in [1.29, 1.82) is 0 Å². The maximum Gasteiger partial charge on any atom is 0.251 e. The molecular weight excluding hydrogens is 374 g/mol. The minimum atomic E-state index is -0.644. The van der Waals surface area contributed by atoms with Crippen LogP contribution in [0.15, 0.2) is 60.8 Å². The minimum absolute atomic E-state index is 0.0379. The predicted octanol–water partition coefficient (Wildman–Crippen LogP) is 3.54. The second-order valence-corrected chi connectivity index (χ2v) is 7.24. The molecule has 1 aliphatic heterocycles. The highest BCUT2D eigenvalue weighted by atomic mass is 19.1. The molecule has 1 aliphatic rings. The first-order valence-electron chi connectivity index (χ1n) is 9.67. The van der Waals surface area contributed by atoms with Gasteiger partial charge in [0.15, 0.2) is 5.82 Å². The van der Waals surface area contributed by atoms with Gasteiger partial charge >= 0.3 is 0 Å². The van der Waals surface area contributed by atoms with E-state index < -0.39 is 11.6 Å². The molecule has 150 valence electrons. The number of rotatable bonds is 5. The largest absolute Gasteiger partial charge is 0.349 e. The van der Waals surface area contributed by atoms with E-state index in [2.05, 4.69) is 15.3 Å². The van der Waals surface area contributed by atoms with Gasteiger partial charge in [0.2, 0.25) is 0 Å². The monoisotopic (exact) mass is 396 g/mol. The van der Waals surface area contributed by atoms with Crippen LogP contribution in [0.3, 0.4) is 0 Å². The molecule has 7 heteroatoms. The Hall–Kier alpha value is -3.06. The Morgan fingerprint density at radius 2 is 1.83 bits per heavy atom. The van der Waals surface area contributed by atoms with Crippen LogP contribution in [-0.4, -0.2) is 39.7 Å². The van der Waals surface area contributed by atoms with E-state index in [0.717, 1.165) is 37.7 Å². The lowest BCUT2D eigenvalue weighted by Crippen LogP contribution is -2.44. The average molecular weight is 396 g/mol. The highest BCUT2D eigenvalue weighted by molar-refractivity contribution is 5.94. The molecule has 1 N–H and O–H groups in total. The number of hydrogen-bond donors (Lipinski definition) is 1. The number of halogens is 2. The van der Waals surface area contributed by atoms with Gasteiger partial charge in [0.1, 0.15) is 11.5 Å². The smallest absolute Gasteiger partial charge is 0.251 e. The fourth-order valence-electron chi connectivity index (χ4n) is 3.57. The van der Waals surface area contributed by atoms with Crippen LogP contribution < -0.4 is 5.32 Å². The fraction of sp³-hybridized carbons (Fsp3) is 0.273. The van der Waals surface area contributed by atoms with Gasteiger partial charge in [-0.15, -0.1) is 0 Å². The topological polar surface area (TPSA) is 50.2 Å². The number of hydrogen-bond acceptors (Lipinski definition) is 3. The van der Waals surface area contributed by atoms with Crippen LogP contribution in [0, 0.1) is 11.6 Å². The minimum Gasteiger partial charge on any atom is -0.349 e. The molecule has 0 unspecified atom stereocenters. The highest BCUT2D eigenvalue weighted by Crippen LogP contribution is 2.17. The lowest BCUT2D eigenvalue weighted by Gasteiger charge is -2.31. The summed E-state index contributed by atoms with van der Waals surface area (Å²) in [7, 11) is 0. The second kappa shape index (κ2) is 8.53. The molecule has 0 spiro atoms. The summed E-state index contributed by atoms with van der Waals surface area (Å²) in [6.07, 6.45) is 3.41. The molecule has 1 saturated heterocycles. The number of likely N-dealkylation sites (tertiary alicyclic amines) is 1. The number of carbonyl (C=O) groups excluding carboxylic acids is 1. The maximum absolute atomic E-state index is 13.9. The lowest BCUT2D eigenvalue weighted by molar-refractivity contribution is 0.0908. The standard InChI is InChI=1S/C22H22F2N4O/c23-17-6-7-21(20(24)14-17)28-13-10-19(26-28)15-27-11-8-18(9-12-27)25-22(29)16-4-2-1-3-5-16/h1-7,10,13-14,18H,8-9,11-12,15H2,(H,25,29). The van der Waals surface area contributed by atoms with Crippen molar-refractivity contribution in [2.24, 2.45) is 0 Å². The van der Waals surface area contributed by atoms with Gasteiger partial charge < -0.3 is 5.32 Å². The van der Waals surface area contributed by atoms with E-state index in [1.165, 1.54) is 16.8 Å². The van der Waals surface area contributed by atoms with Crippen molar-refractivity contribution in [3.8, 4) is 5.69 Å². The van der Waals surface area contributed by atoms with Gasteiger partial charge in [-0.1, -0.05) is 18.2 Å². The van der Waals surface area contributed by atoms with Crippen LogP contribution in [0.4, 0.5) is 8.78 Å². The van der Waals surface area contributed by atoms with E-state index in [9.17, 15) is 13.6 Å². The van der Waals surface area contributed by atoms with E-state index in [1.807, 2.05) is 36.4 Å². The Bertz CT molecular complexity index is 981. The number of amides is 1. The second-order valence-electron chi connectivity index (χ2n) is 7.24. The molecule has 5 nitrogen and oxygen atoms in total. The van der Waals surface area contributed by atoms with Crippen LogP contribution in [0.1, 0.15) is 28.9 Å². The summed E-state index contributed by atoms with van der Waals surface area (Å²) in [4.78, 5) is 14.5. The number of piperidine rings is 1. The maximum atomic E-state index is 13.9. The van der Waals surface area contributed by atoms with Crippen molar-refractivity contribution < 1.29 is 13.6 Å². The van der Waals surface area contributed by atoms with Crippen LogP contribution in [-0.2, 0) is 6.54 Å². The Morgan fingerprint density at radius 1 is 1.07 bits per heavy atom. The van der Waals surface area contributed by atoms with Crippen molar-refractivity contribution in [3.63, 3.8) is 0 Å². The average Bonchev–Trinajstić information content (AvgIpc) is 3.18. The molecule has 3 aromatic rings. The lowest BCUT2D eigenvalue weighted by atomic mass is 10.0. The summed E-state index contributed by atoms with van der Waals surface area (Å²) in [5.74, 6) is -1.29. The van der Waals surface area contributed by atoms with Crippen molar-refractivity contribution in [1.82, 2.24) is 20.0 Å². The first kappa shape index (κ1) is 19.3. The van der Waals surface area contributed by atoms with Gasteiger partial charge in [0, 0.05) is 43.5 Å².